The van der Waals surface area contributed by atoms with E-state index in [-0.39, 0.29) is 33.9 Å². The predicted octanol–water partition coefficient (Wildman–Crippen LogP) is 3.18. The van der Waals surface area contributed by atoms with Crippen molar-refractivity contribution < 1.29 is 27.1 Å². The van der Waals surface area contributed by atoms with Crippen LogP contribution in [-0.2, 0) is 26.1 Å². The Labute approximate surface area is 195 Å². The van der Waals surface area contributed by atoms with Crippen molar-refractivity contribution in [3.8, 4) is 0 Å². The molecule has 0 N–H and O–H groups in total. The minimum Gasteiger partial charge on any atom is -0.465 e. The van der Waals surface area contributed by atoms with Crippen LogP contribution in [0.25, 0.3) is 10.2 Å². The minimum absolute atomic E-state index is 0.0732. The van der Waals surface area contributed by atoms with E-state index in [1.807, 2.05) is 0 Å². The predicted molar refractivity (Wildman–Crippen MR) is 123 cm³/mol. The quantitative estimate of drug-likeness (QED) is 0.449. The number of hydrogen-bond donors (Lipinski definition) is 0. The van der Waals surface area contributed by atoms with Crippen molar-refractivity contribution in [2.24, 2.45) is 4.99 Å². The Kier molecular flexibility index (Phi) is 7.77. The number of ether oxygens (including phenoxy) is 1. The van der Waals surface area contributed by atoms with Crippen molar-refractivity contribution in [1.82, 2.24) is 8.87 Å². The molecule has 176 valence electrons. The molecule has 8 nitrogen and oxygen atoms in total. The lowest BCUT2D eigenvalue weighted by Gasteiger charge is -2.18. The Morgan fingerprint density at radius 2 is 1.76 bits per heavy atom. The highest BCUT2D eigenvalue weighted by molar-refractivity contribution is 7.89. The van der Waals surface area contributed by atoms with Gasteiger partial charge >= 0.3 is 5.97 Å². The zero-order valence-corrected chi connectivity index (χ0v) is 20.1. The summed E-state index contributed by atoms with van der Waals surface area (Å²) in [7, 11) is -3.65. The van der Waals surface area contributed by atoms with Crippen LogP contribution in [0.15, 0.2) is 52.4 Å². The van der Waals surface area contributed by atoms with Crippen LogP contribution in [0.1, 0.15) is 31.1 Å². The molecule has 0 aliphatic heterocycles. The summed E-state index contributed by atoms with van der Waals surface area (Å²) in [6, 6.07) is 9.93. The van der Waals surface area contributed by atoms with Crippen LogP contribution >= 0.6 is 11.3 Å². The average Bonchev–Trinajstić information content (AvgIpc) is 3.12. The van der Waals surface area contributed by atoms with E-state index in [1.165, 1.54) is 45.3 Å². The summed E-state index contributed by atoms with van der Waals surface area (Å²) in [6.07, 6.45) is 0. The van der Waals surface area contributed by atoms with E-state index in [0.29, 0.717) is 17.8 Å². The maximum Gasteiger partial charge on any atom is 0.326 e. The van der Waals surface area contributed by atoms with Gasteiger partial charge in [0.1, 0.15) is 12.4 Å². The van der Waals surface area contributed by atoms with Crippen LogP contribution in [0, 0.1) is 5.82 Å². The molecule has 11 heteroatoms. The number of benzene rings is 2. The number of hydrogen-bond acceptors (Lipinski definition) is 6. The molecule has 2 aromatic carbocycles. The Morgan fingerprint density at radius 1 is 1.09 bits per heavy atom. The highest BCUT2D eigenvalue weighted by Gasteiger charge is 2.22. The number of nitrogens with zero attached hydrogens (tertiary/aromatic N) is 3. The molecule has 1 aromatic heterocycles. The molecule has 0 atom stereocenters. The summed E-state index contributed by atoms with van der Waals surface area (Å²) < 4.78 is 47.9. The number of para-hydroxylation sites is 1. The van der Waals surface area contributed by atoms with Gasteiger partial charge in [-0.15, -0.1) is 0 Å². The van der Waals surface area contributed by atoms with Crippen LogP contribution in [0.4, 0.5) is 4.39 Å². The zero-order valence-electron chi connectivity index (χ0n) is 18.4. The number of rotatable bonds is 8. The number of amides is 1. The number of aromatic nitrogens is 1. The van der Waals surface area contributed by atoms with Crippen molar-refractivity contribution in [3.63, 3.8) is 0 Å². The number of esters is 1. The first-order chi connectivity index (χ1) is 15.7. The number of fused-ring (bicyclic) bond motifs is 1. The van der Waals surface area contributed by atoms with Crippen molar-refractivity contribution in [1.29, 1.82) is 0 Å². The highest BCUT2D eigenvalue weighted by Crippen LogP contribution is 2.21. The van der Waals surface area contributed by atoms with Gasteiger partial charge in [0, 0.05) is 18.7 Å². The lowest BCUT2D eigenvalue weighted by molar-refractivity contribution is -0.143. The topological polar surface area (TPSA) is 98.0 Å². The molecule has 0 unspecified atom stereocenters. The summed E-state index contributed by atoms with van der Waals surface area (Å²) in [5.74, 6) is -1.78. The molecule has 3 rings (SSSR count). The van der Waals surface area contributed by atoms with E-state index in [1.54, 1.807) is 26.8 Å². The van der Waals surface area contributed by atoms with E-state index < -0.39 is 27.7 Å². The fourth-order valence-electron chi connectivity index (χ4n) is 3.29. The van der Waals surface area contributed by atoms with Crippen molar-refractivity contribution in [3.05, 3.63) is 58.6 Å². The molecule has 0 saturated heterocycles. The summed E-state index contributed by atoms with van der Waals surface area (Å²) >= 11 is 1.06. The molecule has 3 aromatic rings. The Hall–Kier alpha value is -2.89. The molecule has 0 fully saturated rings. The maximum atomic E-state index is 14.5. The zero-order chi connectivity index (χ0) is 24.2. The third-order valence-electron chi connectivity index (χ3n) is 4.89. The van der Waals surface area contributed by atoms with Gasteiger partial charge in [-0.2, -0.15) is 9.30 Å². The van der Waals surface area contributed by atoms with Gasteiger partial charge in [-0.3, -0.25) is 9.59 Å². The largest absolute Gasteiger partial charge is 0.465 e. The van der Waals surface area contributed by atoms with Gasteiger partial charge < -0.3 is 9.30 Å². The first kappa shape index (κ1) is 24.7. The van der Waals surface area contributed by atoms with Gasteiger partial charge in [0.25, 0.3) is 5.91 Å². The molecule has 0 aliphatic carbocycles. The van der Waals surface area contributed by atoms with E-state index in [4.69, 9.17) is 4.74 Å². The van der Waals surface area contributed by atoms with E-state index >= 15 is 0 Å². The van der Waals surface area contributed by atoms with Crippen LogP contribution in [0.3, 0.4) is 0 Å². The number of sulfonamides is 1. The first-order valence-corrected chi connectivity index (χ1v) is 12.6. The van der Waals surface area contributed by atoms with Gasteiger partial charge in [0.05, 0.1) is 21.7 Å². The fourth-order valence-corrected chi connectivity index (χ4v) is 5.79. The van der Waals surface area contributed by atoms with Crippen molar-refractivity contribution in [2.75, 3.05) is 19.7 Å². The summed E-state index contributed by atoms with van der Waals surface area (Å²) in [4.78, 5) is 29.2. The molecule has 33 heavy (non-hydrogen) atoms. The Balaban J connectivity index is 2.01. The second kappa shape index (κ2) is 10.4. The van der Waals surface area contributed by atoms with Crippen LogP contribution in [0.5, 0.6) is 0 Å². The molecule has 0 saturated carbocycles. The third kappa shape index (κ3) is 5.21. The number of thiazole rings is 1. The van der Waals surface area contributed by atoms with E-state index in [9.17, 15) is 22.4 Å². The minimum atomic E-state index is -3.65. The smallest absolute Gasteiger partial charge is 0.326 e. The molecule has 1 heterocycles. The third-order valence-corrected chi connectivity index (χ3v) is 7.99. The molecular weight excluding hydrogens is 469 g/mol. The first-order valence-electron chi connectivity index (χ1n) is 10.4. The SMILES string of the molecule is CCOC(=O)Cn1c(=NC(=O)c2ccc(S(=O)(=O)N(CC)CC)cc2)sc2cccc(F)c21. The van der Waals surface area contributed by atoms with E-state index in [0.717, 1.165) is 11.3 Å². The van der Waals surface area contributed by atoms with Crippen molar-refractivity contribution >= 4 is 43.5 Å². The highest BCUT2D eigenvalue weighted by atomic mass is 32.2. The lowest BCUT2D eigenvalue weighted by atomic mass is 10.2. The van der Waals surface area contributed by atoms with Crippen LogP contribution in [0.2, 0.25) is 0 Å². The summed E-state index contributed by atoms with van der Waals surface area (Å²) in [5.41, 5.74) is 0.317. The Bertz CT molecular complexity index is 1340. The lowest BCUT2D eigenvalue weighted by Crippen LogP contribution is -2.30. The fraction of sp³-hybridized carbons (Fsp3) is 0.318. The normalized spacial score (nSPS) is 12.5. The number of carbonyl (C=O) groups excluding carboxylic acids is 2. The summed E-state index contributed by atoms with van der Waals surface area (Å²) in [6.45, 7) is 5.68. The van der Waals surface area contributed by atoms with Crippen molar-refractivity contribution in [2.45, 2.75) is 32.2 Å². The molecule has 0 spiro atoms. The standard InChI is InChI=1S/C22H24FN3O5S2/c1-4-25(5-2)33(29,30)16-12-10-15(11-13-16)21(28)24-22-26(14-19(27)31-6-3)20-17(23)8-7-9-18(20)32-22/h7-13H,4-6,14H2,1-3H3. The summed E-state index contributed by atoms with van der Waals surface area (Å²) in [5, 5.41) is 0. The van der Waals surface area contributed by atoms with Gasteiger partial charge in [-0.1, -0.05) is 31.3 Å². The second-order valence-corrected chi connectivity index (χ2v) is 9.84. The number of carbonyl (C=O) groups is 2. The molecule has 0 bridgehead atoms. The van der Waals surface area contributed by atoms with Gasteiger partial charge in [-0.25, -0.2) is 12.8 Å². The maximum absolute atomic E-state index is 14.5. The molecule has 0 aliphatic rings. The molecule has 0 radical (unpaired) electrons. The van der Waals surface area contributed by atoms with Crippen LogP contribution in [-0.4, -0.2) is 48.9 Å². The van der Waals surface area contributed by atoms with Gasteiger partial charge in [0.2, 0.25) is 10.0 Å². The van der Waals surface area contributed by atoms with Gasteiger partial charge in [-0.05, 0) is 43.3 Å². The number of halogens is 1. The van der Waals surface area contributed by atoms with Crippen LogP contribution < -0.4 is 4.80 Å². The van der Waals surface area contributed by atoms with Gasteiger partial charge in [0.15, 0.2) is 4.80 Å². The monoisotopic (exact) mass is 493 g/mol. The molecular formula is C22H24FN3O5S2. The second-order valence-electron chi connectivity index (χ2n) is 6.89. The molecule has 1 amide bonds. The Morgan fingerprint density at radius 3 is 2.36 bits per heavy atom. The van der Waals surface area contributed by atoms with E-state index in [2.05, 4.69) is 4.99 Å². The average molecular weight is 494 g/mol.